The van der Waals surface area contributed by atoms with E-state index in [2.05, 4.69) is 0 Å². The minimum Gasteiger partial charge on any atom is -0.872 e. The summed E-state index contributed by atoms with van der Waals surface area (Å²) in [6.07, 6.45) is 1.70. The Labute approximate surface area is 165 Å². The Kier molecular flexibility index (Phi) is 5.48. The van der Waals surface area contributed by atoms with Gasteiger partial charge in [0.25, 0.3) is 5.91 Å². The summed E-state index contributed by atoms with van der Waals surface area (Å²) in [4.78, 5) is 25.6. The third-order valence-electron chi connectivity index (χ3n) is 3.73. The van der Waals surface area contributed by atoms with Crippen LogP contribution in [0.2, 0.25) is 0 Å². The first-order valence-electron chi connectivity index (χ1n) is 7.96. The number of carboxylic acid groups (broad SMARTS) is 1. The van der Waals surface area contributed by atoms with Gasteiger partial charge in [-0.3, -0.25) is 9.69 Å². The summed E-state index contributed by atoms with van der Waals surface area (Å²) in [5.41, 5.74) is 0.654. The highest BCUT2D eigenvalue weighted by molar-refractivity contribution is 8.27. The van der Waals surface area contributed by atoms with Crippen LogP contribution in [-0.4, -0.2) is 27.9 Å². The van der Waals surface area contributed by atoms with E-state index in [1.165, 1.54) is 11.0 Å². The topological polar surface area (TPSA) is 89.9 Å². The summed E-state index contributed by atoms with van der Waals surface area (Å²) in [6.45, 7) is 2.47. The number of amides is 1. The van der Waals surface area contributed by atoms with Crippen LogP contribution < -0.4 is 14.7 Å². The first-order chi connectivity index (χ1) is 12.9. The number of carbonyl (C=O) groups excluding carboxylic acids is 1. The molecule has 1 N–H and O–H groups in total. The van der Waals surface area contributed by atoms with Gasteiger partial charge in [-0.2, -0.15) is 0 Å². The second kappa shape index (κ2) is 7.81. The number of ether oxygens (including phenoxy) is 1. The van der Waals surface area contributed by atoms with Gasteiger partial charge in [0.15, 0.2) is 4.32 Å². The van der Waals surface area contributed by atoms with Crippen LogP contribution >= 0.6 is 24.0 Å². The van der Waals surface area contributed by atoms with Gasteiger partial charge in [0, 0.05) is 0 Å². The third-order valence-corrected chi connectivity index (χ3v) is 5.04. The van der Waals surface area contributed by atoms with Crippen LogP contribution in [0.1, 0.15) is 22.8 Å². The molecule has 2 aromatic rings. The Morgan fingerprint density at radius 2 is 2.00 bits per heavy atom. The second-order valence-corrected chi connectivity index (χ2v) is 7.18. The summed E-state index contributed by atoms with van der Waals surface area (Å²) in [5.74, 6) is -1.60. The van der Waals surface area contributed by atoms with E-state index < -0.39 is 17.3 Å². The van der Waals surface area contributed by atoms with Gasteiger partial charge >= 0.3 is 5.97 Å². The van der Waals surface area contributed by atoms with Gasteiger partial charge in [-0.1, -0.05) is 47.9 Å². The minimum atomic E-state index is -1.35. The molecule has 1 aliphatic heterocycles. The number of thiocarbonyl (C=S) groups is 1. The fourth-order valence-electron chi connectivity index (χ4n) is 2.49. The Bertz CT molecular complexity index is 953. The lowest BCUT2D eigenvalue weighted by Crippen LogP contribution is -2.27. The van der Waals surface area contributed by atoms with Crippen LogP contribution in [0.25, 0.3) is 6.08 Å². The van der Waals surface area contributed by atoms with Gasteiger partial charge in [-0.05, 0) is 42.8 Å². The van der Waals surface area contributed by atoms with Gasteiger partial charge in [-0.15, -0.1) is 0 Å². The smallest absolute Gasteiger partial charge is 0.335 e. The molecule has 0 radical (unpaired) electrons. The summed E-state index contributed by atoms with van der Waals surface area (Å²) >= 11 is 6.39. The molecule has 0 aliphatic carbocycles. The van der Waals surface area contributed by atoms with E-state index in [-0.39, 0.29) is 15.9 Å². The van der Waals surface area contributed by atoms with Crippen molar-refractivity contribution in [1.29, 1.82) is 0 Å². The zero-order valence-electron chi connectivity index (χ0n) is 14.2. The maximum absolute atomic E-state index is 12.8. The Morgan fingerprint density at radius 3 is 2.63 bits per heavy atom. The van der Waals surface area contributed by atoms with Gasteiger partial charge in [-0.25, -0.2) is 4.79 Å². The number of thioether (sulfide) groups is 1. The molecule has 1 saturated heterocycles. The maximum atomic E-state index is 12.8. The fraction of sp³-hybridized carbons (Fsp3) is 0.105. The van der Waals surface area contributed by atoms with Crippen LogP contribution in [0, 0.1) is 0 Å². The molecule has 0 saturated carbocycles. The van der Waals surface area contributed by atoms with E-state index in [0.29, 0.717) is 11.5 Å². The van der Waals surface area contributed by atoms with Gasteiger partial charge in [0.05, 0.1) is 22.8 Å². The van der Waals surface area contributed by atoms with Crippen molar-refractivity contribution >= 4 is 51.9 Å². The molecule has 138 valence electrons. The number of benzene rings is 2. The van der Waals surface area contributed by atoms with Crippen molar-refractivity contribution < 1.29 is 24.5 Å². The molecule has 0 atom stereocenters. The molecule has 8 heteroatoms. The van der Waals surface area contributed by atoms with E-state index in [1.54, 1.807) is 6.08 Å². The molecule has 0 aromatic heterocycles. The van der Waals surface area contributed by atoms with E-state index in [0.717, 1.165) is 35.2 Å². The van der Waals surface area contributed by atoms with Crippen molar-refractivity contribution in [1.82, 2.24) is 0 Å². The van der Waals surface area contributed by atoms with Gasteiger partial charge < -0.3 is 14.9 Å². The number of aromatic carboxylic acids is 1. The van der Waals surface area contributed by atoms with E-state index in [1.807, 2.05) is 31.2 Å². The lowest BCUT2D eigenvalue weighted by molar-refractivity contribution is -0.268. The van der Waals surface area contributed by atoms with Crippen LogP contribution in [0.15, 0.2) is 47.4 Å². The number of hydrogen-bond donors (Lipinski definition) is 1. The van der Waals surface area contributed by atoms with Crippen LogP contribution in [0.5, 0.6) is 11.5 Å². The number of carboxylic acids is 1. The average molecular weight is 400 g/mol. The minimum absolute atomic E-state index is 0.254. The zero-order chi connectivity index (χ0) is 19.6. The number of carbonyl (C=O) groups is 2. The number of nitrogens with zero attached hydrogens (tertiary/aromatic N) is 1. The lowest BCUT2D eigenvalue weighted by Gasteiger charge is -2.18. The summed E-state index contributed by atoms with van der Waals surface area (Å²) < 4.78 is 5.66. The third kappa shape index (κ3) is 3.96. The van der Waals surface area contributed by atoms with Crippen molar-refractivity contribution in [3.05, 3.63) is 58.5 Å². The van der Waals surface area contributed by atoms with Crippen molar-refractivity contribution in [3.8, 4) is 11.5 Å². The first kappa shape index (κ1) is 18.9. The Morgan fingerprint density at radius 1 is 1.30 bits per heavy atom. The molecule has 1 amide bonds. The molecule has 3 rings (SSSR count). The van der Waals surface area contributed by atoms with Crippen molar-refractivity contribution in [2.45, 2.75) is 6.92 Å². The highest BCUT2D eigenvalue weighted by atomic mass is 32.2. The quantitative estimate of drug-likeness (QED) is 0.608. The maximum Gasteiger partial charge on any atom is 0.335 e. The zero-order valence-corrected chi connectivity index (χ0v) is 15.8. The number of anilines is 1. The SMILES string of the molecule is CCOc1ccc(/C=C2\SC(=S)N(c3ccc([O-])c(C(=O)O)c3)C2=O)cc1. The predicted octanol–water partition coefficient (Wildman–Crippen LogP) is 3.26. The molecular formula is C19H14NO5S2-. The fourth-order valence-corrected chi connectivity index (χ4v) is 3.79. The molecule has 27 heavy (non-hydrogen) atoms. The van der Waals surface area contributed by atoms with Crippen LogP contribution in [-0.2, 0) is 4.79 Å². The standard InChI is InChI=1S/C19H15NO5S2/c1-2-25-13-6-3-11(4-7-13)9-16-17(22)20(19(26)27-16)12-5-8-15(21)14(10-12)18(23)24/h3-10,21H,2H2,1H3,(H,23,24)/p-1/b16-9-. The van der Waals surface area contributed by atoms with Crippen LogP contribution in [0.4, 0.5) is 5.69 Å². The lowest BCUT2D eigenvalue weighted by atomic mass is 10.1. The van der Waals surface area contributed by atoms with E-state index in [4.69, 9.17) is 22.1 Å². The molecule has 0 bridgehead atoms. The molecule has 0 spiro atoms. The second-order valence-electron chi connectivity index (χ2n) is 5.50. The largest absolute Gasteiger partial charge is 0.872 e. The number of hydrogen-bond acceptors (Lipinski definition) is 6. The highest BCUT2D eigenvalue weighted by Crippen LogP contribution is 2.37. The first-order valence-corrected chi connectivity index (χ1v) is 9.18. The van der Waals surface area contributed by atoms with E-state index in [9.17, 15) is 14.7 Å². The predicted molar refractivity (Wildman–Crippen MR) is 106 cm³/mol. The Hall–Kier alpha value is -2.84. The van der Waals surface area contributed by atoms with Gasteiger partial charge in [0.2, 0.25) is 0 Å². The molecule has 1 heterocycles. The highest BCUT2D eigenvalue weighted by Gasteiger charge is 2.33. The van der Waals surface area contributed by atoms with Crippen molar-refractivity contribution in [2.24, 2.45) is 0 Å². The van der Waals surface area contributed by atoms with Crippen LogP contribution in [0.3, 0.4) is 0 Å². The van der Waals surface area contributed by atoms with Crippen molar-refractivity contribution in [3.63, 3.8) is 0 Å². The molecular weight excluding hydrogens is 386 g/mol. The molecule has 0 unspecified atom stereocenters. The molecule has 1 aliphatic rings. The molecule has 1 fully saturated rings. The summed E-state index contributed by atoms with van der Waals surface area (Å²) in [6, 6.07) is 10.9. The molecule has 2 aromatic carbocycles. The average Bonchev–Trinajstić information content (AvgIpc) is 2.91. The summed E-state index contributed by atoms with van der Waals surface area (Å²) in [7, 11) is 0. The van der Waals surface area contributed by atoms with Crippen molar-refractivity contribution in [2.75, 3.05) is 11.5 Å². The molecule has 6 nitrogen and oxygen atoms in total. The van der Waals surface area contributed by atoms with E-state index >= 15 is 0 Å². The number of rotatable bonds is 5. The monoisotopic (exact) mass is 400 g/mol. The van der Waals surface area contributed by atoms with Gasteiger partial charge in [0.1, 0.15) is 5.75 Å². The normalized spacial score (nSPS) is 15.4. The summed E-state index contributed by atoms with van der Waals surface area (Å²) in [5, 5.41) is 20.7. The Balaban J connectivity index is 1.89.